The highest BCUT2D eigenvalue weighted by molar-refractivity contribution is 5.93. The summed E-state index contributed by atoms with van der Waals surface area (Å²) in [6.07, 6.45) is 5.95. The van der Waals surface area contributed by atoms with Crippen molar-refractivity contribution in [1.29, 1.82) is 0 Å². The maximum Gasteiger partial charge on any atom is 0.337 e. The third-order valence-corrected chi connectivity index (χ3v) is 6.26. The van der Waals surface area contributed by atoms with Crippen molar-refractivity contribution in [3.63, 3.8) is 0 Å². The molecule has 0 spiro atoms. The van der Waals surface area contributed by atoms with Gasteiger partial charge in [0.2, 0.25) is 5.79 Å². The van der Waals surface area contributed by atoms with Gasteiger partial charge in [-0.2, -0.15) is 0 Å². The average molecular weight is 346 g/mol. The van der Waals surface area contributed by atoms with Crippen molar-refractivity contribution >= 4 is 5.97 Å². The Morgan fingerprint density at radius 3 is 2.68 bits per heavy atom. The van der Waals surface area contributed by atoms with E-state index in [9.17, 15) is 9.90 Å². The molecule has 3 unspecified atom stereocenters. The van der Waals surface area contributed by atoms with E-state index < -0.39 is 11.9 Å². The van der Waals surface area contributed by atoms with Crippen LogP contribution in [0.5, 0.6) is 0 Å². The van der Waals surface area contributed by atoms with Crippen molar-refractivity contribution < 1.29 is 19.4 Å². The van der Waals surface area contributed by atoms with Crippen molar-refractivity contribution in [2.24, 2.45) is 11.3 Å². The number of fused-ring (bicyclic) bond motifs is 1. The van der Waals surface area contributed by atoms with Crippen molar-refractivity contribution in [3.8, 4) is 0 Å². The van der Waals surface area contributed by atoms with Crippen molar-refractivity contribution in [2.75, 3.05) is 7.11 Å². The molecule has 3 atom stereocenters. The summed E-state index contributed by atoms with van der Waals surface area (Å²) in [5.41, 5.74) is 3.69. The molecule has 0 radical (unpaired) electrons. The molecule has 3 rings (SSSR count). The molecule has 4 heteroatoms. The molecule has 1 heterocycles. The summed E-state index contributed by atoms with van der Waals surface area (Å²) in [6, 6.07) is 0. The zero-order chi connectivity index (χ0) is 18.4. The van der Waals surface area contributed by atoms with Crippen LogP contribution in [0, 0.1) is 11.3 Å². The molecule has 3 aliphatic rings. The second kappa shape index (κ2) is 6.40. The molecule has 0 saturated carbocycles. The zero-order valence-electron chi connectivity index (χ0n) is 15.9. The lowest BCUT2D eigenvalue weighted by molar-refractivity contribution is -0.196. The Kier molecular flexibility index (Phi) is 4.71. The minimum atomic E-state index is -1.04. The molecular weight excluding hydrogens is 316 g/mol. The molecule has 0 aromatic rings. The van der Waals surface area contributed by atoms with Gasteiger partial charge in [-0.05, 0) is 50.4 Å². The monoisotopic (exact) mass is 346 g/mol. The first-order valence-corrected chi connectivity index (χ1v) is 9.24. The van der Waals surface area contributed by atoms with Crippen LogP contribution in [0.2, 0.25) is 0 Å². The zero-order valence-corrected chi connectivity index (χ0v) is 15.9. The number of aliphatic hydroxyl groups excluding tert-OH is 1. The van der Waals surface area contributed by atoms with Crippen LogP contribution in [0.4, 0.5) is 0 Å². The van der Waals surface area contributed by atoms with Gasteiger partial charge in [0.25, 0.3) is 0 Å². The molecular formula is C21H30O4. The van der Waals surface area contributed by atoms with Crippen LogP contribution < -0.4 is 0 Å². The molecule has 1 aliphatic heterocycles. The third-order valence-electron chi connectivity index (χ3n) is 6.26. The van der Waals surface area contributed by atoms with Crippen LogP contribution in [-0.2, 0) is 14.3 Å². The van der Waals surface area contributed by atoms with E-state index in [-0.39, 0.29) is 11.4 Å². The van der Waals surface area contributed by atoms with Crippen LogP contribution in [0.15, 0.2) is 34.9 Å². The van der Waals surface area contributed by atoms with E-state index >= 15 is 0 Å². The molecule has 25 heavy (non-hydrogen) atoms. The largest absolute Gasteiger partial charge is 0.425 e. The molecule has 2 bridgehead atoms. The van der Waals surface area contributed by atoms with E-state index in [1.807, 2.05) is 13.0 Å². The normalized spacial score (nSPS) is 35.6. The number of hydrogen-bond donors (Lipinski definition) is 1. The molecule has 0 fully saturated rings. The van der Waals surface area contributed by atoms with Gasteiger partial charge < -0.3 is 14.6 Å². The van der Waals surface area contributed by atoms with Crippen LogP contribution >= 0.6 is 0 Å². The number of aliphatic hydroxyl groups is 1. The van der Waals surface area contributed by atoms with Crippen molar-refractivity contribution in [1.82, 2.24) is 0 Å². The van der Waals surface area contributed by atoms with Crippen LogP contribution in [-0.4, -0.2) is 30.1 Å². The fourth-order valence-electron chi connectivity index (χ4n) is 5.02. The SMILES string of the molecule is C=C1CCC2CCC3=C(C(OC)(CC(C)=CC(O)C1)OC3=O)C2(C)C. The highest BCUT2D eigenvalue weighted by Gasteiger charge is 2.57. The number of methoxy groups -OCH3 is 1. The predicted octanol–water partition coefficient (Wildman–Crippen LogP) is 4.06. The lowest BCUT2D eigenvalue weighted by atomic mass is 9.61. The molecule has 0 amide bonds. The van der Waals surface area contributed by atoms with E-state index in [0.29, 0.717) is 18.8 Å². The van der Waals surface area contributed by atoms with Gasteiger partial charge in [-0.3, -0.25) is 0 Å². The maximum atomic E-state index is 12.6. The van der Waals surface area contributed by atoms with E-state index in [2.05, 4.69) is 20.4 Å². The second-order valence-electron chi connectivity index (χ2n) is 8.41. The van der Waals surface area contributed by atoms with Gasteiger partial charge in [0.05, 0.1) is 6.10 Å². The van der Waals surface area contributed by atoms with Crippen molar-refractivity contribution in [3.05, 3.63) is 34.9 Å². The molecule has 4 nitrogen and oxygen atoms in total. The Hall–Kier alpha value is -1.39. The average Bonchev–Trinajstić information content (AvgIpc) is 2.78. The summed E-state index contributed by atoms with van der Waals surface area (Å²) in [7, 11) is 1.61. The number of rotatable bonds is 1. The standard InChI is InChI=1S/C21H30O4/c1-13-6-7-15-8-9-17-18(20(15,3)4)21(24-5,25-19(17)23)12-14(2)11-16(22)10-13/h11,15-16,22H,1,6-10,12H2,2-5H3. The molecule has 138 valence electrons. The number of esters is 1. The van der Waals surface area contributed by atoms with Gasteiger partial charge in [-0.1, -0.05) is 37.6 Å². The number of hydrogen-bond acceptors (Lipinski definition) is 4. The van der Waals surface area contributed by atoms with Gasteiger partial charge >= 0.3 is 5.97 Å². The highest BCUT2D eigenvalue weighted by Crippen LogP contribution is 2.56. The summed E-state index contributed by atoms with van der Waals surface area (Å²) in [6.45, 7) is 10.5. The smallest absolute Gasteiger partial charge is 0.337 e. The first-order chi connectivity index (χ1) is 11.7. The lowest BCUT2D eigenvalue weighted by Gasteiger charge is -2.45. The summed E-state index contributed by atoms with van der Waals surface area (Å²) in [5.74, 6) is -0.839. The first-order valence-electron chi connectivity index (χ1n) is 9.24. The van der Waals surface area contributed by atoms with Gasteiger partial charge in [-0.25, -0.2) is 4.79 Å². The van der Waals surface area contributed by atoms with E-state index in [1.54, 1.807) is 7.11 Å². The van der Waals surface area contributed by atoms with Crippen LogP contribution in [0.25, 0.3) is 0 Å². The Labute approximate surface area is 150 Å². The fourth-order valence-corrected chi connectivity index (χ4v) is 5.02. The molecule has 0 saturated heterocycles. The lowest BCUT2D eigenvalue weighted by Crippen LogP contribution is -2.44. The quantitative estimate of drug-likeness (QED) is 0.575. The number of carbonyl (C=O) groups is 1. The van der Waals surface area contributed by atoms with Gasteiger partial charge in [0.1, 0.15) is 0 Å². The Bertz CT molecular complexity index is 655. The molecule has 0 aromatic carbocycles. The topological polar surface area (TPSA) is 55.8 Å². The van der Waals surface area contributed by atoms with Crippen LogP contribution in [0.3, 0.4) is 0 Å². The summed E-state index contributed by atoms with van der Waals surface area (Å²) < 4.78 is 11.7. The number of carbonyl (C=O) groups excluding carboxylic acids is 1. The summed E-state index contributed by atoms with van der Waals surface area (Å²) in [5, 5.41) is 10.3. The summed E-state index contributed by atoms with van der Waals surface area (Å²) >= 11 is 0. The van der Waals surface area contributed by atoms with Gasteiger partial charge in [0, 0.05) is 24.7 Å². The minimum Gasteiger partial charge on any atom is -0.425 e. The van der Waals surface area contributed by atoms with Gasteiger partial charge in [-0.15, -0.1) is 0 Å². The molecule has 2 aliphatic carbocycles. The Morgan fingerprint density at radius 2 is 2.00 bits per heavy atom. The Balaban J connectivity index is 2.12. The fraction of sp³-hybridized carbons (Fsp3) is 0.667. The first kappa shape index (κ1) is 18.4. The highest BCUT2D eigenvalue weighted by atomic mass is 16.7. The Morgan fingerprint density at radius 1 is 1.32 bits per heavy atom. The predicted molar refractivity (Wildman–Crippen MR) is 96.7 cm³/mol. The second-order valence-corrected chi connectivity index (χ2v) is 8.41. The van der Waals surface area contributed by atoms with Gasteiger partial charge in [0.15, 0.2) is 0 Å². The van der Waals surface area contributed by atoms with Crippen molar-refractivity contribution in [2.45, 2.75) is 71.2 Å². The van der Waals surface area contributed by atoms with E-state index in [1.165, 1.54) is 0 Å². The van der Waals surface area contributed by atoms with E-state index in [4.69, 9.17) is 9.47 Å². The minimum absolute atomic E-state index is 0.172. The summed E-state index contributed by atoms with van der Waals surface area (Å²) in [4.78, 5) is 12.6. The maximum absolute atomic E-state index is 12.6. The molecule has 1 N–H and O–H groups in total. The third kappa shape index (κ3) is 3.11. The molecule has 0 aromatic heterocycles. The number of ether oxygens (including phenoxy) is 2. The van der Waals surface area contributed by atoms with E-state index in [0.717, 1.165) is 48.0 Å². The van der Waals surface area contributed by atoms with Crippen LogP contribution in [0.1, 0.15) is 59.3 Å².